The van der Waals surface area contributed by atoms with Crippen molar-refractivity contribution in [3.05, 3.63) is 29.4 Å². The van der Waals surface area contributed by atoms with Crippen LogP contribution in [-0.2, 0) is 6.54 Å². The van der Waals surface area contributed by atoms with E-state index in [0.717, 1.165) is 18.9 Å². The van der Waals surface area contributed by atoms with Crippen molar-refractivity contribution >= 4 is 11.3 Å². The number of nitrogens with zero attached hydrogens (tertiary/aromatic N) is 3. The first-order valence-electron chi connectivity index (χ1n) is 6.63. The molecule has 3 rings (SSSR count). The minimum absolute atomic E-state index is 1.05. The second kappa shape index (κ2) is 5.24. The monoisotopic (exact) mass is 261 g/mol. The summed E-state index contributed by atoms with van der Waals surface area (Å²) < 4.78 is 2.28. The Hall–Kier alpha value is -1.13. The van der Waals surface area contributed by atoms with Crippen LogP contribution < -0.4 is 0 Å². The maximum atomic E-state index is 4.50. The molecule has 3 nitrogen and oxygen atoms in total. The number of aryl methyl sites for hydroxylation is 1. The van der Waals surface area contributed by atoms with Crippen molar-refractivity contribution in [1.29, 1.82) is 0 Å². The normalized spacial score (nSPS) is 16.5. The first-order valence-corrected chi connectivity index (χ1v) is 7.45. The molecule has 3 heterocycles. The van der Waals surface area contributed by atoms with Gasteiger partial charge in [-0.15, -0.1) is 11.3 Å². The van der Waals surface area contributed by atoms with Gasteiger partial charge >= 0.3 is 0 Å². The molecule has 0 atom stereocenters. The number of thiophene rings is 1. The van der Waals surface area contributed by atoms with Crippen LogP contribution in [0.3, 0.4) is 0 Å². The van der Waals surface area contributed by atoms with Gasteiger partial charge in [0, 0.05) is 30.4 Å². The number of hydrogen-bond donors (Lipinski definition) is 0. The Labute approximate surface area is 112 Å². The van der Waals surface area contributed by atoms with Crippen molar-refractivity contribution in [2.75, 3.05) is 19.6 Å². The fraction of sp³-hybridized carbons (Fsp3) is 0.500. The van der Waals surface area contributed by atoms with Crippen molar-refractivity contribution < 1.29 is 0 Å². The average Bonchev–Trinajstić information content (AvgIpc) is 3.07. The first kappa shape index (κ1) is 11.9. The summed E-state index contributed by atoms with van der Waals surface area (Å²) in [6, 6.07) is 4.34. The summed E-state index contributed by atoms with van der Waals surface area (Å²) in [4.78, 5) is 9.67. The maximum absolute atomic E-state index is 4.50. The van der Waals surface area contributed by atoms with Crippen molar-refractivity contribution in [3.63, 3.8) is 0 Å². The molecule has 0 bridgehead atoms. The van der Waals surface area contributed by atoms with Gasteiger partial charge in [0.15, 0.2) is 0 Å². The molecular formula is C14H19N3S. The van der Waals surface area contributed by atoms with Gasteiger partial charge in [-0.25, -0.2) is 4.98 Å². The van der Waals surface area contributed by atoms with Crippen LogP contribution in [0.25, 0.3) is 10.7 Å². The molecule has 18 heavy (non-hydrogen) atoms. The fourth-order valence-corrected chi connectivity index (χ4v) is 3.41. The van der Waals surface area contributed by atoms with Gasteiger partial charge in [0.2, 0.25) is 0 Å². The first-order chi connectivity index (χ1) is 8.83. The predicted molar refractivity (Wildman–Crippen MR) is 76.0 cm³/mol. The molecule has 0 aromatic carbocycles. The summed E-state index contributed by atoms with van der Waals surface area (Å²) >= 11 is 1.82. The SMILES string of the molecule is Cc1ccc(-c2nccn2CCN2CCCC2)s1. The number of imidazole rings is 1. The largest absolute Gasteiger partial charge is 0.329 e. The molecular weight excluding hydrogens is 242 g/mol. The van der Waals surface area contributed by atoms with E-state index in [0.29, 0.717) is 0 Å². The third-order valence-corrected chi connectivity index (χ3v) is 4.53. The lowest BCUT2D eigenvalue weighted by Gasteiger charge is -2.15. The third kappa shape index (κ3) is 2.49. The van der Waals surface area contributed by atoms with Crippen molar-refractivity contribution in [2.45, 2.75) is 26.3 Å². The molecule has 2 aromatic rings. The van der Waals surface area contributed by atoms with Crippen molar-refractivity contribution in [2.24, 2.45) is 0 Å². The molecule has 0 N–H and O–H groups in total. The van der Waals surface area contributed by atoms with E-state index < -0.39 is 0 Å². The van der Waals surface area contributed by atoms with Crippen LogP contribution in [0.2, 0.25) is 0 Å². The summed E-state index contributed by atoms with van der Waals surface area (Å²) in [5.74, 6) is 1.12. The summed E-state index contributed by atoms with van der Waals surface area (Å²) in [7, 11) is 0. The van der Waals surface area contributed by atoms with Gasteiger partial charge in [-0.2, -0.15) is 0 Å². The summed E-state index contributed by atoms with van der Waals surface area (Å²) in [5, 5.41) is 0. The quantitative estimate of drug-likeness (QED) is 0.843. The topological polar surface area (TPSA) is 21.1 Å². The maximum Gasteiger partial charge on any atom is 0.150 e. The van der Waals surface area contributed by atoms with E-state index in [1.54, 1.807) is 0 Å². The predicted octanol–water partition coefficient (Wildman–Crippen LogP) is 3.02. The van der Waals surface area contributed by atoms with Crippen LogP contribution >= 0.6 is 11.3 Å². The van der Waals surface area contributed by atoms with E-state index in [1.165, 1.54) is 35.7 Å². The van der Waals surface area contributed by atoms with Crippen LogP contribution in [0.15, 0.2) is 24.5 Å². The lowest BCUT2D eigenvalue weighted by atomic mass is 10.4. The molecule has 1 saturated heterocycles. The summed E-state index contributed by atoms with van der Waals surface area (Å²) in [6.45, 7) is 6.87. The highest BCUT2D eigenvalue weighted by Gasteiger charge is 2.13. The molecule has 1 aliphatic heterocycles. The Morgan fingerprint density at radius 3 is 2.78 bits per heavy atom. The molecule has 2 aromatic heterocycles. The van der Waals surface area contributed by atoms with E-state index in [4.69, 9.17) is 0 Å². The van der Waals surface area contributed by atoms with Crippen molar-refractivity contribution in [3.8, 4) is 10.7 Å². The lowest BCUT2D eigenvalue weighted by molar-refractivity contribution is 0.323. The molecule has 0 radical (unpaired) electrons. The van der Waals surface area contributed by atoms with Gasteiger partial charge < -0.3 is 9.47 Å². The standard InChI is InChI=1S/C14H19N3S/c1-12-4-5-13(18-12)14-15-6-9-17(14)11-10-16-7-2-3-8-16/h4-6,9H,2-3,7-8,10-11H2,1H3. The number of likely N-dealkylation sites (tertiary alicyclic amines) is 1. The number of rotatable bonds is 4. The Morgan fingerprint density at radius 2 is 2.06 bits per heavy atom. The zero-order valence-corrected chi connectivity index (χ0v) is 11.6. The molecule has 0 spiro atoms. The molecule has 96 valence electrons. The van der Waals surface area contributed by atoms with Crippen LogP contribution in [0, 0.1) is 6.92 Å². The van der Waals surface area contributed by atoms with Crippen LogP contribution in [0.4, 0.5) is 0 Å². The zero-order valence-electron chi connectivity index (χ0n) is 10.8. The lowest BCUT2D eigenvalue weighted by Crippen LogP contribution is -2.24. The minimum atomic E-state index is 1.05. The number of hydrogen-bond acceptors (Lipinski definition) is 3. The van der Waals surface area contributed by atoms with Gasteiger partial charge in [-0.05, 0) is 45.0 Å². The zero-order chi connectivity index (χ0) is 12.4. The Kier molecular flexibility index (Phi) is 3.48. The van der Waals surface area contributed by atoms with Gasteiger partial charge in [0.1, 0.15) is 5.82 Å². The minimum Gasteiger partial charge on any atom is -0.329 e. The molecule has 1 aliphatic rings. The highest BCUT2D eigenvalue weighted by Crippen LogP contribution is 2.26. The smallest absolute Gasteiger partial charge is 0.150 e. The Bertz CT molecular complexity index is 509. The third-order valence-electron chi connectivity index (χ3n) is 3.53. The molecule has 0 aliphatic carbocycles. The highest BCUT2D eigenvalue weighted by molar-refractivity contribution is 7.15. The molecule has 4 heteroatoms. The van der Waals surface area contributed by atoms with Gasteiger partial charge in [0.05, 0.1) is 4.88 Å². The molecule has 0 saturated carbocycles. The van der Waals surface area contributed by atoms with Crippen LogP contribution in [0.5, 0.6) is 0 Å². The Morgan fingerprint density at radius 1 is 1.22 bits per heavy atom. The van der Waals surface area contributed by atoms with E-state index in [1.807, 2.05) is 17.5 Å². The van der Waals surface area contributed by atoms with E-state index in [9.17, 15) is 0 Å². The van der Waals surface area contributed by atoms with Crippen LogP contribution in [-0.4, -0.2) is 34.1 Å². The van der Waals surface area contributed by atoms with E-state index in [2.05, 4.69) is 39.7 Å². The number of aromatic nitrogens is 2. The fourth-order valence-electron chi connectivity index (χ4n) is 2.52. The van der Waals surface area contributed by atoms with Crippen LogP contribution in [0.1, 0.15) is 17.7 Å². The van der Waals surface area contributed by atoms with E-state index in [-0.39, 0.29) is 0 Å². The van der Waals surface area contributed by atoms with E-state index >= 15 is 0 Å². The highest BCUT2D eigenvalue weighted by atomic mass is 32.1. The summed E-state index contributed by atoms with van der Waals surface area (Å²) in [5.41, 5.74) is 0. The molecule has 0 unspecified atom stereocenters. The van der Waals surface area contributed by atoms with Crippen molar-refractivity contribution in [1.82, 2.24) is 14.5 Å². The second-order valence-electron chi connectivity index (χ2n) is 4.90. The van der Waals surface area contributed by atoms with Gasteiger partial charge in [-0.3, -0.25) is 0 Å². The molecule has 0 amide bonds. The summed E-state index contributed by atoms with van der Waals surface area (Å²) in [6.07, 6.45) is 6.73. The second-order valence-corrected chi connectivity index (χ2v) is 6.19. The van der Waals surface area contributed by atoms with Gasteiger partial charge in [0.25, 0.3) is 0 Å². The van der Waals surface area contributed by atoms with Gasteiger partial charge in [-0.1, -0.05) is 0 Å². The average molecular weight is 261 g/mol. The Balaban J connectivity index is 1.71. The molecule has 1 fully saturated rings.